The molecular weight excluding hydrogens is 435 g/mol. The first-order chi connectivity index (χ1) is 15.6. The Balaban J connectivity index is 1.50. The van der Waals surface area contributed by atoms with Crippen LogP contribution in [0.15, 0.2) is 24.3 Å². The lowest BCUT2D eigenvalue weighted by atomic mass is 10.1. The highest BCUT2D eigenvalue weighted by Gasteiger charge is 2.37. The molecule has 0 atom stereocenters. The van der Waals surface area contributed by atoms with Crippen molar-refractivity contribution in [3.63, 3.8) is 0 Å². The lowest BCUT2D eigenvalue weighted by Gasteiger charge is -2.18. The van der Waals surface area contributed by atoms with E-state index in [2.05, 4.69) is 24.6 Å². The van der Waals surface area contributed by atoms with Crippen molar-refractivity contribution < 1.29 is 18.0 Å². The molecule has 0 aliphatic heterocycles. The molecule has 0 radical (unpaired) electrons. The fraction of sp³-hybridized carbons (Fsp3) is 0.409. The van der Waals surface area contributed by atoms with E-state index in [1.807, 2.05) is 31.2 Å². The van der Waals surface area contributed by atoms with Gasteiger partial charge in [0.15, 0.2) is 0 Å². The number of carbonyl (C=O) groups excluding carboxylic acids is 1. The van der Waals surface area contributed by atoms with E-state index in [-0.39, 0.29) is 18.1 Å². The summed E-state index contributed by atoms with van der Waals surface area (Å²) in [6.07, 6.45) is -4.14. The van der Waals surface area contributed by atoms with Crippen molar-refractivity contribution in [1.82, 2.24) is 34.0 Å². The Morgan fingerprint density at radius 2 is 1.85 bits per heavy atom. The van der Waals surface area contributed by atoms with Gasteiger partial charge in [-0.2, -0.15) is 18.2 Å². The summed E-state index contributed by atoms with van der Waals surface area (Å²) in [6.45, 7) is 6.47. The summed E-state index contributed by atoms with van der Waals surface area (Å²) in [6, 6.07) is 7.82. The minimum atomic E-state index is -4.65. The van der Waals surface area contributed by atoms with Crippen LogP contribution in [0.3, 0.4) is 0 Å². The normalized spacial score (nSPS) is 12.1. The summed E-state index contributed by atoms with van der Waals surface area (Å²) < 4.78 is 42.1. The number of rotatable bonds is 6. The number of para-hydroxylation sites is 2. The van der Waals surface area contributed by atoms with E-state index in [0.717, 1.165) is 27.9 Å². The molecule has 1 aromatic carbocycles. The topological polar surface area (TPSA) is 81.2 Å². The second-order valence-corrected chi connectivity index (χ2v) is 7.92. The fourth-order valence-corrected chi connectivity index (χ4v) is 4.01. The molecule has 0 aliphatic rings. The van der Waals surface area contributed by atoms with Gasteiger partial charge < -0.3 is 9.47 Å². The van der Waals surface area contributed by atoms with Crippen LogP contribution in [0.1, 0.15) is 41.9 Å². The van der Waals surface area contributed by atoms with E-state index in [4.69, 9.17) is 0 Å². The smallest absolute Gasteiger partial charge is 0.338 e. The predicted molar refractivity (Wildman–Crippen MR) is 115 cm³/mol. The molecule has 3 heterocycles. The second-order valence-electron chi connectivity index (χ2n) is 7.92. The molecule has 0 saturated heterocycles. The molecule has 0 N–H and O–H groups in total. The van der Waals surface area contributed by atoms with Crippen LogP contribution in [0.2, 0.25) is 0 Å². The van der Waals surface area contributed by atoms with Crippen LogP contribution in [0.5, 0.6) is 0 Å². The van der Waals surface area contributed by atoms with E-state index >= 15 is 0 Å². The Labute approximate surface area is 188 Å². The van der Waals surface area contributed by atoms with Crippen molar-refractivity contribution in [1.29, 1.82) is 0 Å². The van der Waals surface area contributed by atoms with Gasteiger partial charge in [-0.3, -0.25) is 4.79 Å². The van der Waals surface area contributed by atoms with E-state index in [0.29, 0.717) is 29.9 Å². The van der Waals surface area contributed by atoms with E-state index in [1.54, 1.807) is 25.8 Å². The Kier molecular flexibility index (Phi) is 5.81. The van der Waals surface area contributed by atoms with Crippen molar-refractivity contribution in [2.45, 2.75) is 52.9 Å². The Morgan fingerprint density at radius 1 is 1.12 bits per heavy atom. The summed E-state index contributed by atoms with van der Waals surface area (Å²) in [5.41, 5.74) is 3.61. The summed E-state index contributed by atoms with van der Waals surface area (Å²) in [4.78, 5) is 26.8. The number of hydrogen-bond acceptors (Lipinski definition) is 5. The van der Waals surface area contributed by atoms with Gasteiger partial charge in [0.05, 0.1) is 17.6 Å². The maximum atomic E-state index is 13.0. The van der Waals surface area contributed by atoms with Crippen LogP contribution < -0.4 is 0 Å². The molecule has 174 valence electrons. The van der Waals surface area contributed by atoms with E-state index in [9.17, 15) is 18.0 Å². The number of imidazole rings is 1. The molecular formula is C22H24F3N7O. The molecule has 0 bridgehead atoms. The monoisotopic (exact) mass is 459 g/mol. The number of carbonyl (C=O) groups is 1. The largest absolute Gasteiger partial charge is 0.453 e. The van der Waals surface area contributed by atoms with Crippen LogP contribution in [0, 0.1) is 13.8 Å². The molecule has 4 rings (SSSR count). The lowest BCUT2D eigenvalue weighted by Crippen LogP contribution is -2.28. The van der Waals surface area contributed by atoms with Gasteiger partial charge in [-0.25, -0.2) is 14.5 Å². The number of benzene rings is 1. The zero-order valence-electron chi connectivity index (χ0n) is 18.8. The average molecular weight is 459 g/mol. The zero-order valence-corrected chi connectivity index (χ0v) is 18.8. The van der Waals surface area contributed by atoms with Gasteiger partial charge in [0.1, 0.15) is 5.82 Å². The first kappa shape index (κ1) is 22.7. The van der Waals surface area contributed by atoms with Gasteiger partial charge in [0, 0.05) is 31.4 Å². The molecule has 8 nitrogen and oxygen atoms in total. The Hall–Kier alpha value is -3.50. The van der Waals surface area contributed by atoms with Gasteiger partial charge in [0.25, 0.3) is 11.6 Å². The minimum absolute atomic E-state index is 0.0989. The van der Waals surface area contributed by atoms with Gasteiger partial charge >= 0.3 is 6.18 Å². The lowest BCUT2D eigenvalue weighted by molar-refractivity contribution is -0.144. The summed E-state index contributed by atoms with van der Waals surface area (Å²) in [5.74, 6) is -0.641. The second kappa shape index (κ2) is 8.45. The SMILES string of the molecule is CCn1c(CN(C)C(=O)CCc2c(C)nc3nc(C(F)(F)F)nn3c2C)nc2ccccc21. The molecule has 11 heteroatoms. The van der Waals surface area contributed by atoms with Gasteiger partial charge in [-0.05, 0) is 44.9 Å². The third kappa shape index (κ3) is 4.27. The number of amides is 1. The number of aryl methyl sites for hydroxylation is 3. The van der Waals surface area contributed by atoms with Crippen LogP contribution >= 0.6 is 0 Å². The zero-order chi connectivity index (χ0) is 23.9. The molecule has 0 aliphatic carbocycles. The maximum Gasteiger partial charge on any atom is 0.453 e. The molecule has 0 unspecified atom stereocenters. The third-order valence-electron chi connectivity index (χ3n) is 5.75. The third-order valence-corrected chi connectivity index (χ3v) is 5.75. The molecule has 4 aromatic rings. The van der Waals surface area contributed by atoms with Crippen LogP contribution in [-0.4, -0.2) is 47.0 Å². The summed E-state index contributed by atoms with van der Waals surface area (Å²) in [5, 5.41) is 3.55. The molecule has 0 spiro atoms. The molecule has 3 aromatic heterocycles. The Morgan fingerprint density at radius 3 is 2.55 bits per heavy atom. The maximum absolute atomic E-state index is 13.0. The van der Waals surface area contributed by atoms with Crippen molar-refractivity contribution in [2.24, 2.45) is 0 Å². The highest BCUT2D eigenvalue weighted by Crippen LogP contribution is 2.27. The quantitative estimate of drug-likeness (QED) is 0.439. The number of fused-ring (bicyclic) bond motifs is 2. The number of aromatic nitrogens is 6. The summed E-state index contributed by atoms with van der Waals surface area (Å²) in [7, 11) is 1.72. The fourth-order valence-electron chi connectivity index (χ4n) is 4.01. The number of nitrogens with zero attached hydrogens (tertiary/aromatic N) is 7. The molecule has 33 heavy (non-hydrogen) atoms. The predicted octanol–water partition coefficient (Wildman–Crippen LogP) is 3.72. The summed E-state index contributed by atoms with van der Waals surface area (Å²) >= 11 is 0. The van der Waals surface area contributed by atoms with Crippen molar-refractivity contribution in [2.75, 3.05) is 7.05 Å². The van der Waals surface area contributed by atoms with E-state index < -0.39 is 12.0 Å². The molecule has 1 amide bonds. The first-order valence-electron chi connectivity index (χ1n) is 10.6. The van der Waals surface area contributed by atoms with Crippen LogP contribution in [0.4, 0.5) is 13.2 Å². The first-order valence-corrected chi connectivity index (χ1v) is 10.6. The van der Waals surface area contributed by atoms with Gasteiger partial charge in [-0.1, -0.05) is 12.1 Å². The van der Waals surface area contributed by atoms with Crippen molar-refractivity contribution in [3.8, 4) is 0 Å². The van der Waals surface area contributed by atoms with Gasteiger partial charge in [0.2, 0.25) is 5.91 Å². The highest BCUT2D eigenvalue weighted by atomic mass is 19.4. The number of hydrogen-bond donors (Lipinski definition) is 0. The average Bonchev–Trinajstić information content (AvgIpc) is 3.34. The Bertz CT molecular complexity index is 1340. The van der Waals surface area contributed by atoms with Crippen molar-refractivity contribution >= 4 is 22.7 Å². The van der Waals surface area contributed by atoms with Crippen molar-refractivity contribution in [3.05, 3.63) is 52.9 Å². The molecule has 0 fully saturated rings. The minimum Gasteiger partial charge on any atom is -0.338 e. The standard InChI is InChI=1S/C22H24F3N7O/c1-5-31-17-9-7-6-8-16(17)27-18(31)12-30(4)19(33)11-10-15-13(2)26-21-28-20(22(23,24)25)29-32(21)14(15)3/h6-9H,5,10-12H2,1-4H3. The molecule has 0 saturated carbocycles. The van der Waals surface area contributed by atoms with Crippen LogP contribution in [0.25, 0.3) is 16.8 Å². The van der Waals surface area contributed by atoms with E-state index in [1.165, 1.54) is 0 Å². The van der Waals surface area contributed by atoms with Gasteiger partial charge in [-0.15, -0.1) is 5.10 Å². The highest BCUT2D eigenvalue weighted by molar-refractivity contribution is 5.77. The number of alkyl halides is 3. The van der Waals surface area contributed by atoms with Crippen LogP contribution in [-0.2, 0) is 30.5 Å². The number of halogens is 3.